The van der Waals surface area contributed by atoms with Gasteiger partial charge in [-0.15, -0.1) is 9.60 Å². The van der Waals surface area contributed by atoms with Crippen LogP contribution in [0.15, 0.2) is 24.3 Å². The molecule has 13 heavy (non-hydrogen) atoms. The van der Waals surface area contributed by atoms with Crippen molar-refractivity contribution in [1.29, 1.82) is 0 Å². The molecule has 0 amide bonds. The molecule has 0 atom stereocenters. The molecule has 0 N–H and O–H groups in total. The molecule has 0 aromatic heterocycles. The maximum absolute atomic E-state index is 13.2. The van der Waals surface area contributed by atoms with Crippen molar-refractivity contribution in [2.75, 3.05) is 6.54 Å². The lowest BCUT2D eigenvalue weighted by Crippen LogP contribution is -2.28. The number of benzene rings is 1. The number of halogens is 1. The Morgan fingerprint density at radius 3 is 2.31 bits per heavy atom. The normalized spacial score (nSPS) is 16.5. The highest BCUT2D eigenvalue weighted by Gasteiger charge is 2.25. The van der Waals surface area contributed by atoms with Crippen molar-refractivity contribution in [3.8, 4) is 0 Å². The van der Waals surface area contributed by atoms with Crippen molar-refractivity contribution >= 4 is 0 Å². The van der Waals surface area contributed by atoms with E-state index in [0.717, 1.165) is 18.0 Å². The van der Waals surface area contributed by atoms with E-state index in [2.05, 4.69) is 12.1 Å². The third-order valence-electron chi connectivity index (χ3n) is 2.73. The van der Waals surface area contributed by atoms with Gasteiger partial charge in [-0.05, 0) is 30.9 Å². The molecule has 70 valence electrons. The van der Waals surface area contributed by atoms with E-state index in [9.17, 15) is 4.48 Å². The molecule has 0 bridgehead atoms. The van der Waals surface area contributed by atoms with Crippen molar-refractivity contribution in [2.24, 2.45) is 0 Å². The van der Waals surface area contributed by atoms with Crippen LogP contribution in [0.1, 0.15) is 18.1 Å². The van der Waals surface area contributed by atoms with Gasteiger partial charge in [0.15, 0.2) is 0 Å². The molecule has 1 aliphatic carbocycles. The predicted molar refractivity (Wildman–Crippen MR) is 51.1 cm³/mol. The number of hydrogen-bond donors (Lipinski definition) is 0. The van der Waals surface area contributed by atoms with E-state index in [1.54, 1.807) is 0 Å². The van der Waals surface area contributed by atoms with E-state index < -0.39 is 0 Å². The second kappa shape index (κ2) is 3.46. The fourth-order valence-corrected chi connectivity index (χ4v) is 1.99. The molecule has 0 aliphatic heterocycles. The smallest absolute Gasteiger partial charge is 0.0483 e. The summed E-state index contributed by atoms with van der Waals surface area (Å²) in [7, 11) is 0. The highest BCUT2D eigenvalue weighted by atomic mass is 19.2. The van der Waals surface area contributed by atoms with Gasteiger partial charge in [-0.2, -0.15) is 0 Å². The summed E-state index contributed by atoms with van der Waals surface area (Å²) < 4.78 is 13.2. The van der Waals surface area contributed by atoms with E-state index in [1.807, 2.05) is 19.1 Å². The first kappa shape index (κ1) is 8.70. The van der Waals surface area contributed by atoms with E-state index in [0.29, 0.717) is 6.54 Å². The molecule has 2 rings (SSSR count). The van der Waals surface area contributed by atoms with Crippen LogP contribution in [0.25, 0.3) is 0 Å². The Balaban J connectivity index is 2.14. The standard InChI is InChI=1S/C11H14FN/c1-2-13(12)11-7-9-5-3-4-6-10(9)8-11/h3-6,11H,2,7-8H2,1H3. The Labute approximate surface area is 78.1 Å². The minimum atomic E-state index is 0.0717. The van der Waals surface area contributed by atoms with Crippen LogP contribution in [0.5, 0.6) is 0 Å². The first-order valence-electron chi connectivity index (χ1n) is 4.80. The summed E-state index contributed by atoms with van der Waals surface area (Å²) in [6.45, 7) is 2.33. The molecule has 1 nitrogen and oxygen atoms in total. The lowest BCUT2D eigenvalue weighted by Gasteiger charge is -2.16. The van der Waals surface area contributed by atoms with E-state index in [-0.39, 0.29) is 6.04 Å². The van der Waals surface area contributed by atoms with Crippen molar-refractivity contribution < 1.29 is 4.48 Å². The second-order valence-electron chi connectivity index (χ2n) is 3.55. The van der Waals surface area contributed by atoms with Gasteiger partial charge in [-0.25, -0.2) is 0 Å². The zero-order valence-corrected chi connectivity index (χ0v) is 7.83. The lowest BCUT2D eigenvalue weighted by atomic mass is 10.1. The highest BCUT2D eigenvalue weighted by Crippen LogP contribution is 2.25. The summed E-state index contributed by atoms with van der Waals surface area (Å²) in [5.41, 5.74) is 2.62. The molecule has 1 aliphatic rings. The largest absolute Gasteiger partial charge is 0.143 e. The molecule has 0 radical (unpaired) electrons. The van der Waals surface area contributed by atoms with Crippen molar-refractivity contribution in [3.05, 3.63) is 35.4 Å². The number of likely N-dealkylation sites (N-methyl/N-ethyl adjacent to an activating group) is 1. The predicted octanol–water partition coefficient (Wildman–Crippen LogP) is 2.36. The quantitative estimate of drug-likeness (QED) is 0.630. The van der Waals surface area contributed by atoms with E-state index >= 15 is 0 Å². The number of nitrogens with zero attached hydrogens (tertiary/aromatic N) is 1. The molecule has 0 heterocycles. The topological polar surface area (TPSA) is 3.24 Å². The summed E-state index contributed by atoms with van der Waals surface area (Å²) in [5.74, 6) is 0. The van der Waals surface area contributed by atoms with Crippen LogP contribution in [-0.2, 0) is 12.8 Å². The van der Waals surface area contributed by atoms with Gasteiger partial charge in [-0.3, -0.25) is 0 Å². The van der Waals surface area contributed by atoms with Gasteiger partial charge in [0.25, 0.3) is 0 Å². The zero-order valence-electron chi connectivity index (χ0n) is 7.83. The van der Waals surface area contributed by atoms with Gasteiger partial charge in [0.2, 0.25) is 0 Å². The summed E-state index contributed by atoms with van der Waals surface area (Å²) in [5, 5.41) is 0.944. The van der Waals surface area contributed by atoms with Crippen LogP contribution in [0.3, 0.4) is 0 Å². The average Bonchev–Trinajstić information content (AvgIpc) is 2.59. The van der Waals surface area contributed by atoms with Crippen LogP contribution in [0, 0.1) is 0 Å². The first-order chi connectivity index (χ1) is 6.31. The van der Waals surface area contributed by atoms with Crippen LogP contribution < -0.4 is 0 Å². The SMILES string of the molecule is CCN(F)C1Cc2ccccc2C1. The van der Waals surface area contributed by atoms with Crippen molar-refractivity contribution in [1.82, 2.24) is 5.12 Å². The molecule has 1 aromatic rings. The first-order valence-corrected chi connectivity index (χ1v) is 4.80. The van der Waals surface area contributed by atoms with Gasteiger partial charge in [0, 0.05) is 12.6 Å². The fraction of sp³-hybridized carbons (Fsp3) is 0.455. The summed E-state index contributed by atoms with van der Waals surface area (Å²) >= 11 is 0. The second-order valence-corrected chi connectivity index (χ2v) is 3.55. The van der Waals surface area contributed by atoms with Crippen LogP contribution in [-0.4, -0.2) is 17.7 Å². The third kappa shape index (κ3) is 1.59. The lowest BCUT2D eigenvalue weighted by molar-refractivity contribution is -0.0123. The summed E-state index contributed by atoms with van der Waals surface area (Å²) in [6.07, 6.45) is 1.72. The van der Waals surface area contributed by atoms with Crippen LogP contribution in [0.2, 0.25) is 0 Å². The molecular weight excluding hydrogens is 165 g/mol. The Bertz CT molecular complexity index is 273. The maximum atomic E-state index is 13.2. The Morgan fingerprint density at radius 2 is 1.85 bits per heavy atom. The third-order valence-corrected chi connectivity index (χ3v) is 2.73. The molecule has 2 heteroatoms. The monoisotopic (exact) mass is 179 g/mol. The number of rotatable bonds is 2. The van der Waals surface area contributed by atoms with Gasteiger partial charge in [-0.1, -0.05) is 24.3 Å². The molecule has 0 saturated heterocycles. The Morgan fingerprint density at radius 1 is 1.31 bits per heavy atom. The molecule has 0 unspecified atom stereocenters. The molecule has 0 saturated carbocycles. The summed E-state index contributed by atoms with van der Waals surface area (Å²) in [4.78, 5) is 0. The van der Waals surface area contributed by atoms with E-state index in [1.165, 1.54) is 11.1 Å². The molecule has 0 spiro atoms. The molecule has 1 aromatic carbocycles. The van der Waals surface area contributed by atoms with Crippen molar-refractivity contribution in [3.63, 3.8) is 0 Å². The number of hydrogen-bond acceptors (Lipinski definition) is 1. The summed E-state index contributed by atoms with van der Waals surface area (Å²) in [6, 6.07) is 8.31. The molecular formula is C11H14FN. The zero-order chi connectivity index (χ0) is 9.26. The maximum Gasteiger partial charge on any atom is 0.0483 e. The Hall–Kier alpha value is -0.890. The van der Waals surface area contributed by atoms with Crippen LogP contribution >= 0.6 is 0 Å². The van der Waals surface area contributed by atoms with Gasteiger partial charge < -0.3 is 0 Å². The minimum Gasteiger partial charge on any atom is -0.143 e. The number of fused-ring (bicyclic) bond motifs is 1. The minimum absolute atomic E-state index is 0.0717. The average molecular weight is 179 g/mol. The van der Waals surface area contributed by atoms with Crippen molar-refractivity contribution in [2.45, 2.75) is 25.8 Å². The Kier molecular flexibility index (Phi) is 2.32. The van der Waals surface area contributed by atoms with Crippen LogP contribution in [0.4, 0.5) is 4.48 Å². The van der Waals surface area contributed by atoms with Gasteiger partial charge in [0.05, 0.1) is 0 Å². The van der Waals surface area contributed by atoms with E-state index in [4.69, 9.17) is 0 Å². The highest BCUT2D eigenvalue weighted by molar-refractivity contribution is 5.33. The molecule has 0 fully saturated rings. The van der Waals surface area contributed by atoms with Gasteiger partial charge >= 0.3 is 0 Å². The fourth-order valence-electron chi connectivity index (χ4n) is 1.99. The van der Waals surface area contributed by atoms with Gasteiger partial charge in [0.1, 0.15) is 0 Å².